The average molecular weight is 309 g/mol. The van der Waals surface area contributed by atoms with Crippen molar-refractivity contribution in [3.63, 3.8) is 0 Å². The van der Waals surface area contributed by atoms with Crippen LogP contribution in [0.5, 0.6) is 0 Å². The molecule has 0 amide bonds. The van der Waals surface area contributed by atoms with Crippen LogP contribution in [0.25, 0.3) is 11.1 Å². The maximum atomic E-state index is 11.0. The summed E-state index contributed by atoms with van der Waals surface area (Å²) in [6, 6.07) is 19.2. The molecule has 0 atom stereocenters. The van der Waals surface area contributed by atoms with E-state index in [0.717, 1.165) is 38.9 Å². The minimum absolute atomic E-state index is 0.142. The lowest BCUT2D eigenvalue weighted by molar-refractivity contribution is -0.143. The normalized spacial score (nSPS) is 16.3. The topological polar surface area (TPSA) is 40.5 Å². The zero-order valence-electron chi connectivity index (χ0n) is 13.3. The Morgan fingerprint density at radius 2 is 1.57 bits per heavy atom. The first-order valence-corrected chi connectivity index (χ1v) is 8.32. The van der Waals surface area contributed by atoms with Crippen molar-refractivity contribution in [3.05, 3.63) is 60.2 Å². The molecule has 3 nitrogen and oxygen atoms in total. The van der Waals surface area contributed by atoms with E-state index >= 15 is 0 Å². The SMILES string of the molecule is O=C(O)C1CCN(CCc2ccc(-c3ccccc3)cc2)CC1. The summed E-state index contributed by atoms with van der Waals surface area (Å²) < 4.78 is 0. The molecule has 1 fully saturated rings. The zero-order chi connectivity index (χ0) is 16.1. The number of carboxylic acid groups (broad SMARTS) is 1. The van der Waals surface area contributed by atoms with Crippen molar-refractivity contribution in [2.24, 2.45) is 5.92 Å². The Morgan fingerprint density at radius 3 is 2.17 bits per heavy atom. The van der Waals surface area contributed by atoms with Gasteiger partial charge >= 0.3 is 5.97 Å². The predicted molar refractivity (Wildman–Crippen MR) is 92.4 cm³/mol. The molecule has 1 aliphatic rings. The Bertz CT molecular complexity index is 628. The molecule has 3 heteroatoms. The molecule has 120 valence electrons. The molecule has 0 spiro atoms. The first-order valence-electron chi connectivity index (χ1n) is 8.32. The van der Waals surface area contributed by atoms with Crippen molar-refractivity contribution < 1.29 is 9.90 Å². The van der Waals surface area contributed by atoms with E-state index in [9.17, 15) is 4.79 Å². The Morgan fingerprint density at radius 1 is 0.957 bits per heavy atom. The van der Waals surface area contributed by atoms with Crippen molar-refractivity contribution >= 4 is 5.97 Å². The van der Waals surface area contributed by atoms with Gasteiger partial charge < -0.3 is 10.0 Å². The standard InChI is InChI=1S/C20H23NO2/c22-20(23)19-11-14-21(15-12-19)13-10-16-6-8-18(9-7-16)17-4-2-1-3-5-17/h1-9,19H,10-15H2,(H,22,23). The van der Waals surface area contributed by atoms with E-state index < -0.39 is 5.97 Å². The first-order chi connectivity index (χ1) is 11.2. The summed E-state index contributed by atoms with van der Waals surface area (Å²) in [6.45, 7) is 2.81. The summed E-state index contributed by atoms with van der Waals surface area (Å²) in [5.41, 5.74) is 3.83. The molecular formula is C20H23NO2. The minimum atomic E-state index is -0.638. The van der Waals surface area contributed by atoms with Crippen molar-refractivity contribution in [3.8, 4) is 11.1 Å². The highest BCUT2D eigenvalue weighted by atomic mass is 16.4. The van der Waals surface area contributed by atoms with Gasteiger partial charge in [0.1, 0.15) is 0 Å². The lowest BCUT2D eigenvalue weighted by Crippen LogP contribution is -2.37. The maximum Gasteiger partial charge on any atom is 0.306 e. The lowest BCUT2D eigenvalue weighted by atomic mass is 9.96. The number of likely N-dealkylation sites (tertiary alicyclic amines) is 1. The fourth-order valence-corrected chi connectivity index (χ4v) is 3.19. The first kappa shape index (κ1) is 15.8. The van der Waals surface area contributed by atoms with Crippen LogP contribution in [0.2, 0.25) is 0 Å². The molecule has 1 heterocycles. The van der Waals surface area contributed by atoms with Gasteiger partial charge in [0.15, 0.2) is 0 Å². The van der Waals surface area contributed by atoms with E-state index in [-0.39, 0.29) is 5.92 Å². The summed E-state index contributed by atoms with van der Waals surface area (Å²) >= 11 is 0. The molecule has 0 aromatic heterocycles. The molecule has 2 aromatic rings. The Hall–Kier alpha value is -2.13. The fourth-order valence-electron chi connectivity index (χ4n) is 3.19. The van der Waals surface area contributed by atoms with Crippen molar-refractivity contribution in [1.29, 1.82) is 0 Å². The van der Waals surface area contributed by atoms with E-state index in [1.54, 1.807) is 0 Å². The van der Waals surface area contributed by atoms with Gasteiger partial charge in [0.2, 0.25) is 0 Å². The maximum absolute atomic E-state index is 11.0. The number of carbonyl (C=O) groups is 1. The Kier molecular flexibility index (Phi) is 5.09. The third-order valence-electron chi connectivity index (χ3n) is 4.71. The van der Waals surface area contributed by atoms with Gasteiger partial charge in [-0.05, 0) is 49.0 Å². The van der Waals surface area contributed by atoms with E-state index in [2.05, 4.69) is 53.4 Å². The molecule has 0 bridgehead atoms. The smallest absolute Gasteiger partial charge is 0.306 e. The molecule has 23 heavy (non-hydrogen) atoms. The molecule has 2 aromatic carbocycles. The van der Waals surface area contributed by atoms with Gasteiger partial charge in [-0.1, -0.05) is 54.6 Å². The Labute approximate surface area is 137 Å². The molecule has 0 aliphatic carbocycles. The van der Waals surface area contributed by atoms with Gasteiger partial charge in [0, 0.05) is 6.54 Å². The highest BCUT2D eigenvalue weighted by Gasteiger charge is 2.23. The van der Waals surface area contributed by atoms with Gasteiger partial charge in [-0.3, -0.25) is 4.79 Å². The second-order valence-electron chi connectivity index (χ2n) is 6.27. The van der Waals surface area contributed by atoms with Crippen LogP contribution in [-0.4, -0.2) is 35.6 Å². The lowest BCUT2D eigenvalue weighted by Gasteiger charge is -2.29. The third kappa shape index (κ3) is 4.20. The number of benzene rings is 2. The van der Waals surface area contributed by atoms with Crippen LogP contribution in [0.15, 0.2) is 54.6 Å². The number of aliphatic carboxylic acids is 1. The van der Waals surface area contributed by atoms with Crippen LogP contribution in [0.1, 0.15) is 18.4 Å². The summed E-state index contributed by atoms with van der Waals surface area (Å²) in [4.78, 5) is 13.4. The fraction of sp³-hybridized carbons (Fsp3) is 0.350. The van der Waals surface area contributed by atoms with Crippen molar-refractivity contribution in [1.82, 2.24) is 4.90 Å². The van der Waals surface area contributed by atoms with Crippen LogP contribution in [0.4, 0.5) is 0 Å². The molecule has 1 saturated heterocycles. The zero-order valence-corrected chi connectivity index (χ0v) is 13.3. The summed E-state index contributed by atoms with van der Waals surface area (Å²) in [5, 5.41) is 9.03. The van der Waals surface area contributed by atoms with Gasteiger partial charge in [0.05, 0.1) is 5.92 Å². The van der Waals surface area contributed by atoms with Crippen LogP contribution in [-0.2, 0) is 11.2 Å². The summed E-state index contributed by atoms with van der Waals surface area (Å²) in [6.07, 6.45) is 2.58. The van der Waals surface area contributed by atoms with Crippen LogP contribution in [0.3, 0.4) is 0 Å². The molecule has 0 saturated carbocycles. The highest BCUT2D eigenvalue weighted by molar-refractivity contribution is 5.70. The van der Waals surface area contributed by atoms with Crippen molar-refractivity contribution in [2.45, 2.75) is 19.3 Å². The number of rotatable bonds is 5. The number of piperidine rings is 1. The third-order valence-corrected chi connectivity index (χ3v) is 4.71. The number of nitrogens with zero attached hydrogens (tertiary/aromatic N) is 1. The second-order valence-corrected chi connectivity index (χ2v) is 6.27. The van der Waals surface area contributed by atoms with Crippen LogP contribution < -0.4 is 0 Å². The minimum Gasteiger partial charge on any atom is -0.481 e. The second kappa shape index (κ2) is 7.42. The van der Waals surface area contributed by atoms with Gasteiger partial charge in [0.25, 0.3) is 0 Å². The highest BCUT2D eigenvalue weighted by Crippen LogP contribution is 2.20. The van der Waals surface area contributed by atoms with Crippen LogP contribution in [0, 0.1) is 5.92 Å². The van der Waals surface area contributed by atoms with Crippen molar-refractivity contribution in [2.75, 3.05) is 19.6 Å². The molecule has 1 N–H and O–H groups in total. The Balaban J connectivity index is 1.51. The van der Waals surface area contributed by atoms with E-state index in [1.165, 1.54) is 16.7 Å². The van der Waals surface area contributed by atoms with Gasteiger partial charge in [-0.2, -0.15) is 0 Å². The summed E-state index contributed by atoms with van der Waals surface area (Å²) in [7, 11) is 0. The molecular weight excluding hydrogens is 286 g/mol. The summed E-state index contributed by atoms with van der Waals surface area (Å²) in [5.74, 6) is -0.780. The molecule has 0 unspecified atom stereocenters. The molecule has 0 radical (unpaired) electrons. The molecule has 3 rings (SSSR count). The quantitative estimate of drug-likeness (QED) is 0.915. The number of carboxylic acids is 1. The van der Waals surface area contributed by atoms with E-state index in [0.29, 0.717) is 0 Å². The average Bonchev–Trinajstić information content (AvgIpc) is 2.61. The number of hydrogen-bond acceptors (Lipinski definition) is 2. The largest absolute Gasteiger partial charge is 0.481 e. The predicted octanol–water partition coefficient (Wildman–Crippen LogP) is 3.69. The van der Waals surface area contributed by atoms with Gasteiger partial charge in [-0.15, -0.1) is 0 Å². The van der Waals surface area contributed by atoms with E-state index in [1.807, 2.05) is 6.07 Å². The van der Waals surface area contributed by atoms with Gasteiger partial charge in [-0.25, -0.2) is 0 Å². The van der Waals surface area contributed by atoms with E-state index in [4.69, 9.17) is 5.11 Å². The monoisotopic (exact) mass is 309 g/mol. The number of hydrogen-bond donors (Lipinski definition) is 1. The molecule has 1 aliphatic heterocycles. The van der Waals surface area contributed by atoms with Crippen LogP contribution >= 0.6 is 0 Å².